The zero-order chi connectivity index (χ0) is 25.3. The molecule has 0 spiro atoms. The van der Waals surface area contributed by atoms with Crippen LogP contribution in [-0.2, 0) is 28.5 Å². The molecule has 0 aliphatic carbocycles. The molecule has 1 aromatic rings. The van der Waals surface area contributed by atoms with Crippen molar-refractivity contribution in [3.63, 3.8) is 0 Å². The Kier molecular flexibility index (Phi) is 7.10. The number of phenols is 2. The van der Waals surface area contributed by atoms with Crippen LogP contribution in [0.4, 0.5) is 0 Å². The maximum atomic E-state index is 12.7. The van der Waals surface area contributed by atoms with Crippen LogP contribution in [0.3, 0.4) is 0 Å². The Morgan fingerprint density at radius 2 is 1.97 bits per heavy atom. The summed E-state index contributed by atoms with van der Waals surface area (Å²) in [5.74, 6) is -3.74. The molecule has 12 heteroatoms. The van der Waals surface area contributed by atoms with E-state index in [1.165, 1.54) is 18.2 Å². The van der Waals surface area contributed by atoms with Crippen LogP contribution < -0.4 is 0 Å². The molecule has 12 nitrogen and oxygen atoms in total. The van der Waals surface area contributed by atoms with Gasteiger partial charge in [0, 0.05) is 0 Å². The van der Waals surface area contributed by atoms with E-state index in [1.54, 1.807) is 6.08 Å². The van der Waals surface area contributed by atoms with Crippen LogP contribution in [0.15, 0.2) is 54.3 Å². The summed E-state index contributed by atoms with van der Waals surface area (Å²) in [6.45, 7) is 3.08. The van der Waals surface area contributed by atoms with Gasteiger partial charge in [-0.3, -0.25) is 0 Å². The van der Waals surface area contributed by atoms with Gasteiger partial charge in [0.15, 0.2) is 17.6 Å². The average Bonchev–Trinajstić information content (AvgIpc) is 2.85. The Morgan fingerprint density at radius 1 is 1.20 bits per heavy atom. The third-order valence-corrected chi connectivity index (χ3v) is 5.85. The zero-order valence-electron chi connectivity index (χ0n) is 18.2. The second-order valence-electron chi connectivity index (χ2n) is 7.94. The Labute approximate surface area is 198 Å². The minimum atomic E-state index is -1.77. The molecule has 35 heavy (non-hydrogen) atoms. The quantitative estimate of drug-likeness (QED) is 0.197. The molecule has 1 saturated heterocycles. The van der Waals surface area contributed by atoms with E-state index < -0.39 is 78.5 Å². The monoisotopic (exact) mass is 492 g/mol. The summed E-state index contributed by atoms with van der Waals surface area (Å²) < 4.78 is 27.2. The van der Waals surface area contributed by atoms with Crippen molar-refractivity contribution in [1.82, 2.24) is 0 Å². The van der Waals surface area contributed by atoms with E-state index in [9.17, 15) is 35.1 Å². The molecule has 188 valence electrons. The molecule has 0 radical (unpaired) electrons. The number of aliphatic hydroxyl groups excluding tert-OH is 3. The van der Waals surface area contributed by atoms with Gasteiger partial charge in [-0.1, -0.05) is 12.1 Å². The van der Waals surface area contributed by atoms with E-state index in [4.69, 9.17) is 23.7 Å². The van der Waals surface area contributed by atoms with E-state index >= 15 is 0 Å². The highest BCUT2D eigenvalue weighted by Crippen LogP contribution is 2.37. The van der Waals surface area contributed by atoms with Crippen molar-refractivity contribution in [1.29, 1.82) is 0 Å². The molecule has 1 aromatic carbocycles. The van der Waals surface area contributed by atoms with E-state index in [-0.39, 0.29) is 12.2 Å². The number of carbonyl (C=O) groups is 2. The second kappa shape index (κ2) is 10.1. The molecule has 5 N–H and O–H groups in total. The molecular formula is C23H24O12. The number of rotatable bonds is 6. The molecule has 0 saturated carbocycles. The molecule has 4 rings (SSSR count). The summed E-state index contributed by atoms with van der Waals surface area (Å²) in [6.07, 6.45) is -4.82. The lowest BCUT2D eigenvalue weighted by atomic mass is 9.89. The summed E-state index contributed by atoms with van der Waals surface area (Å²) in [5, 5.41) is 50.2. The van der Waals surface area contributed by atoms with Crippen molar-refractivity contribution in [3.8, 4) is 11.5 Å². The lowest BCUT2D eigenvalue weighted by molar-refractivity contribution is -0.334. The summed E-state index contributed by atoms with van der Waals surface area (Å²) in [6, 6.07) is 3.62. The van der Waals surface area contributed by atoms with E-state index in [0.717, 1.165) is 12.3 Å². The predicted octanol–water partition coefficient (Wildman–Crippen LogP) is -0.396. The first kappa shape index (κ1) is 24.7. The Morgan fingerprint density at radius 3 is 2.69 bits per heavy atom. The highest BCUT2D eigenvalue weighted by molar-refractivity contribution is 5.95. The van der Waals surface area contributed by atoms with Gasteiger partial charge in [0.05, 0.1) is 18.1 Å². The molecule has 3 aliphatic heterocycles. The summed E-state index contributed by atoms with van der Waals surface area (Å²) in [5.41, 5.74) is 0.295. The van der Waals surface area contributed by atoms with Crippen molar-refractivity contribution < 1.29 is 58.8 Å². The Bertz CT molecular complexity index is 1060. The van der Waals surface area contributed by atoms with Gasteiger partial charge in [-0.15, -0.1) is 6.58 Å². The van der Waals surface area contributed by atoms with Gasteiger partial charge in [0.25, 0.3) is 0 Å². The summed E-state index contributed by atoms with van der Waals surface area (Å²) in [7, 11) is 0. The number of ether oxygens (including phenoxy) is 5. The number of phenolic OH excluding ortho intramolecular Hbond substituents is 2. The maximum Gasteiger partial charge on any atom is 0.342 e. The molecule has 0 bridgehead atoms. The van der Waals surface area contributed by atoms with E-state index in [0.29, 0.717) is 5.57 Å². The number of esters is 2. The van der Waals surface area contributed by atoms with Crippen LogP contribution in [0, 0.1) is 5.92 Å². The van der Waals surface area contributed by atoms with Crippen molar-refractivity contribution in [2.24, 2.45) is 5.92 Å². The Hall–Kier alpha value is -3.42. The van der Waals surface area contributed by atoms with E-state index in [2.05, 4.69) is 6.58 Å². The van der Waals surface area contributed by atoms with Crippen LogP contribution in [0.1, 0.15) is 10.4 Å². The van der Waals surface area contributed by atoms with Gasteiger partial charge in [0.2, 0.25) is 12.6 Å². The number of aromatic hydroxyl groups is 2. The van der Waals surface area contributed by atoms with Gasteiger partial charge >= 0.3 is 11.9 Å². The van der Waals surface area contributed by atoms with Crippen LogP contribution in [0.25, 0.3) is 0 Å². The fourth-order valence-corrected chi connectivity index (χ4v) is 3.97. The first-order valence-electron chi connectivity index (χ1n) is 10.6. The fraction of sp³-hybridized carbons (Fsp3) is 0.391. The smallest absolute Gasteiger partial charge is 0.342 e. The molecule has 0 unspecified atom stereocenters. The van der Waals surface area contributed by atoms with Gasteiger partial charge < -0.3 is 49.2 Å². The number of cyclic esters (lactones) is 1. The zero-order valence-corrected chi connectivity index (χ0v) is 18.2. The molecule has 3 aliphatic rings. The minimum Gasteiger partial charge on any atom is -0.504 e. The second-order valence-corrected chi connectivity index (χ2v) is 7.94. The lowest BCUT2D eigenvalue weighted by Gasteiger charge is -2.43. The standard InChI is InChI=1S/C23H24O12/c1-2-10-11-6-7-31-20(29)13(11)9-32-22(10)35-23-19(18(28)17(27)15(8-24)33-23)34-21(30)12-4-3-5-14(25)16(12)26/h2-6,9-10,15,17-19,22-28H,1,7-8H2/t10-,15-,17-,18+,19-,22+,23+/m1/s1. The van der Waals surface area contributed by atoms with Crippen LogP contribution >= 0.6 is 0 Å². The largest absolute Gasteiger partial charge is 0.504 e. The number of hydrogen-bond donors (Lipinski definition) is 5. The van der Waals surface area contributed by atoms with Crippen molar-refractivity contribution in [2.75, 3.05) is 13.2 Å². The number of aliphatic hydroxyl groups is 3. The third-order valence-electron chi connectivity index (χ3n) is 5.85. The number of carbonyl (C=O) groups excluding carboxylic acids is 2. The van der Waals surface area contributed by atoms with Crippen LogP contribution in [0.5, 0.6) is 11.5 Å². The lowest BCUT2D eigenvalue weighted by Crippen LogP contribution is -2.61. The summed E-state index contributed by atoms with van der Waals surface area (Å²) in [4.78, 5) is 24.7. The van der Waals surface area contributed by atoms with Gasteiger partial charge in [-0.05, 0) is 23.8 Å². The van der Waals surface area contributed by atoms with Crippen molar-refractivity contribution in [3.05, 3.63) is 59.9 Å². The normalized spacial score (nSPS) is 32.3. The Balaban J connectivity index is 1.60. The summed E-state index contributed by atoms with van der Waals surface area (Å²) >= 11 is 0. The number of para-hydroxylation sites is 1. The molecule has 0 aromatic heterocycles. The molecule has 7 atom stereocenters. The highest BCUT2D eigenvalue weighted by Gasteiger charge is 2.49. The molecule has 3 heterocycles. The van der Waals surface area contributed by atoms with Crippen molar-refractivity contribution >= 4 is 11.9 Å². The maximum absolute atomic E-state index is 12.7. The molecule has 0 amide bonds. The molecule has 1 fully saturated rings. The average molecular weight is 492 g/mol. The van der Waals surface area contributed by atoms with Crippen molar-refractivity contribution in [2.45, 2.75) is 37.0 Å². The van der Waals surface area contributed by atoms with Gasteiger partial charge in [-0.2, -0.15) is 0 Å². The van der Waals surface area contributed by atoms with Gasteiger partial charge in [0.1, 0.15) is 36.7 Å². The third kappa shape index (κ3) is 4.61. The SMILES string of the molecule is C=C[C@@H]1C2=CCOC(=O)C2=CO[C@H]1O[C@@H]1O[C@H](CO)[C@@H](O)[C@H](O)[C@H]1OC(=O)c1cccc(O)c1O. The first-order chi connectivity index (χ1) is 16.8. The fourth-order valence-electron chi connectivity index (χ4n) is 3.97. The topological polar surface area (TPSA) is 181 Å². The number of benzene rings is 1. The van der Waals surface area contributed by atoms with E-state index in [1.807, 2.05) is 0 Å². The number of hydrogen-bond acceptors (Lipinski definition) is 12. The minimum absolute atomic E-state index is 0.0354. The number of fused-ring (bicyclic) bond motifs is 1. The first-order valence-corrected chi connectivity index (χ1v) is 10.6. The highest BCUT2D eigenvalue weighted by atomic mass is 16.8. The predicted molar refractivity (Wildman–Crippen MR) is 114 cm³/mol. The van der Waals surface area contributed by atoms with Gasteiger partial charge in [-0.25, -0.2) is 9.59 Å². The molecular weight excluding hydrogens is 468 g/mol. The van der Waals surface area contributed by atoms with Crippen LogP contribution in [0.2, 0.25) is 0 Å². The van der Waals surface area contributed by atoms with Crippen LogP contribution in [-0.4, -0.2) is 87.7 Å².